The second-order valence-corrected chi connectivity index (χ2v) is 7.82. The molecule has 3 aromatic rings. The Hall–Kier alpha value is -2.54. The normalized spacial score (nSPS) is 25.9. The van der Waals surface area contributed by atoms with Crippen LogP contribution in [0.1, 0.15) is 18.1 Å². The number of hydrogen-bond acceptors (Lipinski definition) is 5. The van der Waals surface area contributed by atoms with Gasteiger partial charge in [0.05, 0.1) is 34.4 Å². The maximum absolute atomic E-state index is 10.7. The molecule has 1 saturated heterocycles. The van der Waals surface area contributed by atoms with E-state index in [1.807, 2.05) is 91.0 Å². The van der Waals surface area contributed by atoms with Gasteiger partial charge in [-0.2, -0.15) is 0 Å². The maximum Gasteiger partial charge on any atom is 0.115 e. The van der Waals surface area contributed by atoms with Crippen LogP contribution in [-0.2, 0) is 38.8 Å². The summed E-state index contributed by atoms with van der Waals surface area (Å²) in [6.45, 7) is 0.143. The minimum atomic E-state index is -1.15. The quantitative estimate of drug-likeness (QED) is 0.519. The van der Waals surface area contributed by atoms with Gasteiger partial charge in [-0.1, -0.05) is 91.0 Å². The molecule has 4 rings (SSSR count). The van der Waals surface area contributed by atoms with Crippen molar-refractivity contribution in [3.8, 4) is 0 Å². The van der Waals surface area contributed by atoms with E-state index in [1.54, 1.807) is 0 Å². The van der Waals surface area contributed by atoms with Gasteiger partial charge in [-0.05, 0) is 16.7 Å². The highest BCUT2D eigenvalue weighted by Crippen LogP contribution is 2.24. The Balaban J connectivity index is 1.46. The Labute approximate surface area is 190 Å². The van der Waals surface area contributed by atoms with Crippen molar-refractivity contribution in [2.24, 2.45) is 0 Å². The van der Waals surface area contributed by atoms with E-state index in [9.17, 15) is 5.11 Å². The summed E-state index contributed by atoms with van der Waals surface area (Å²) in [6.07, 6.45) is -3.01. The van der Waals surface area contributed by atoms with Gasteiger partial charge in [-0.25, -0.2) is 0 Å². The molecule has 1 heterocycles. The van der Waals surface area contributed by atoms with Crippen molar-refractivity contribution in [1.82, 2.24) is 0 Å². The SMILES string of the molecule is [2H][C@H]1O[C@H](COCc2ccccc2)[C@H](OCc2ccccc2)[C@H](OCc2ccccc2)[C@H]1O. The molecule has 5 nitrogen and oxygen atoms in total. The molecule has 0 amide bonds. The Morgan fingerprint density at radius 1 is 0.719 bits per heavy atom. The summed E-state index contributed by atoms with van der Waals surface area (Å²) in [5.41, 5.74) is 3.04. The van der Waals surface area contributed by atoms with Crippen molar-refractivity contribution in [1.29, 1.82) is 0 Å². The zero-order valence-electron chi connectivity index (χ0n) is 19.0. The summed E-state index contributed by atoms with van der Waals surface area (Å²) >= 11 is 0. The Bertz CT molecular complexity index is 941. The first-order valence-electron chi connectivity index (χ1n) is 11.5. The predicted molar refractivity (Wildman–Crippen MR) is 122 cm³/mol. The molecule has 3 aromatic carbocycles. The molecule has 0 aliphatic carbocycles. The molecule has 5 heteroatoms. The van der Waals surface area contributed by atoms with Gasteiger partial charge in [0, 0.05) is 0 Å². The largest absolute Gasteiger partial charge is 0.388 e. The highest BCUT2D eigenvalue weighted by atomic mass is 16.6. The number of hydrogen-bond donors (Lipinski definition) is 1. The number of rotatable bonds is 10. The fraction of sp³-hybridized carbons (Fsp3) is 0.333. The molecule has 0 saturated carbocycles. The molecule has 0 radical (unpaired) electrons. The number of aliphatic hydroxyl groups is 1. The first kappa shape index (κ1) is 21.3. The minimum Gasteiger partial charge on any atom is -0.388 e. The second-order valence-electron chi connectivity index (χ2n) is 7.82. The summed E-state index contributed by atoms with van der Waals surface area (Å²) in [5.74, 6) is 0. The van der Waals surface area contributed by atoms with Crippen LogP contribution in [0.5, 0.6) is 0 Å². The van der Waals surface area contributed by atoms with Gasteiger partial charge in [0.15, 0.2) is 0 Å². The average molecular weight is 436 g/mol. The van der Waals surface area contributed by atoms with Gasteiger partial charge in [-0.15, -0.1) is 0 Å². The highest BCUT2D eigenvalue weighted by molar-refractivity contribution is 5.15. The van der Waals surface area contributed by atoms with Crippen LogP contribution in [-0.4, -0.2) is 42.7 Å². The smallest absolute Gasteiger partial charge is 0.115 e. The van der Waals surface area contributed by atoms with Gasteiger partial charge >= 0.3 is 0 Å². The van der Waals surface area contributed by atoms with Crippen LogP contribution in [0.3, 0.4) is 0 Å². The van der Waals surface area contributed by atoms with Crippen LogP contribution >= 0.6 is 0 Å². The number of ether oxygens (including phenoxy) is 4. The minimum absolute atomic E-state index is 0.224. The molecule has 32 heavy (non-hydrogen) atoms. The van der Waals surface area contributed by atoms with Crippen LogP contribution < -0.4 is 0 Å². The number of benzene rings is 3. The van der Waals surface area contributed by atoms with Gasteiger partial charge < -0.3 is 24.1 Å². The molecular formula is C27H30O5. The molecule has 1 N–H and O–H groups in total. The van der Waals surface area contributed by atoms with E-state index in [0.717, 1.165) is 16.7 Å². The summed E-state index contributed by atoms with van der Waals surface area (Å²) in [4.78, 5) is 0. The molecule has 0 aromatic heterocycles. The van der Waals surface area contributed by atoms with Crippen LogP contribution in [0.4, 0.5) is 0 Å². The second kappa shape index (κ2) is 11.9. The van der Waals surface area contributed by atoms with Gasteiger partial charge in [-0.3, -0.25) is 0 Å². The molecule has 0 unspecified atom stereocenters. The van der Waals surface area contributed by atoms with Crippen LogP contribution in [0, 0.1) is 0 Å². The topological polar surface area (TPSA) is 57.2 Å². The maximum atomic E-state index is 10.7. The van der Waals surface area contributed by atoms with E-state index < -0.39 is 31.0 Å². The third-order valence-electron chi connectivity index (χ3n) is 5.38. The van der Waals surface area contributed by atoms with Crippen LogP contribution in [0.25, 0.3) is 0 Å². The van der Waals surface area contributed by atoms with Crippen molar-refractivity contribution >= 4 is 0 Å². The van der Waals surface area contributed by atoms with Crippen molar-refractivity contribution < 1.29 is 25.4 Å². The van der Waals surface area contributed by atoms with Gasteiger partial charge in [0.1, 0.15) is 24.4 Å². The molecular weight excluding hydrogens is 404 g/mol. The zero-order valence-corrected chi connectivity index (χ0v) is 18.0. The van der Waals surface area contributed by atoms with E-state index >= 15 is 0 Å². The first-order valence-corrected chi connectivity index (χ1v) is 10.9. The van der Waals surface area contributed by atoms with E-state index in [4.69, 9.17) is 20.3 Å². The van der Waals surface area contributed by atoms with E-state index in [1.165, 1.54) is 0 Å². The number of aliphatic hydroxyl groups excluding tert-OH is 1. The fourth-order valence-electron chi connectivity index (χ4n) is 3.67. The molecule has 0 spiro atoms. The lowest BCUT2D eigenvalue weighted by atomic mass is 9.99. The lowest BCUT2D eigenvalue weighted by molar-refractivity contribution is -0.234. The van der Waals surface area contributed by atoms with Crippen molar-refractivity contribution in [3.05, 3.63) is 108 Å². The zero-order chi connectivity index (χ0) is 22.9. The lowest BCUT2D eigenvalue weighted by Crippen LogP contribution is -2.56. The van der Waals surface area contributed by atoms with Gasteiger partial charge in [0.25, 0.3) is 0 Å². The third kappa shape index (κ3) is 6.48. The summed E-state index contributed by atoms with van der Waals surface area (Å²) in [6, 6.07) is 29.4. The molecule has 5 atom stereocenters. The van der Waals surface area contributed by atoms with Crippen LogP contribution in [0.15, 0.2) is 91.0 Å². The predicted octanol–water partition coefficient (Wildman–Crippen LogP) is 4.13. The summed E-state index contributed by atoms with van der Waals surface area (Å²) in [7, 11) is 0. The summed E-state index contributed by atoms with van der Waals surface area (Å²) in [5, 5.41) is 10.7. The molecule has 0 bridgehead atoms. The average Bonchev–Trinajstić information content (AvgIpc) is 2.86. The Kier molecular flexibility index (Phi) is 7.93. The van der Waals surface area contributed by atoms with Crippen molar-refractivity contribution in [3.63, 3.8) is 0 Å². The Morgan fingerprint density at radius 3 is 1.72 bits per heavy atom. The van der Waals surface area contributed by atoms with E-state index in [-0.39, 0.29) is 6.61 Å². The standard InChI is InChI=1S/C27H30O5/c28-24-19-30-25(20-29-16-21-10-4-1-5-11-21)27(32-18-23-14-8-3-9-15-23)26(24)31-17-22-12-6-2-7-13-22/h1-15,24-28H,16-20H2/t24-,25+,26+,27-/m0/s1/i19D/t19-,24+,25-,26-,27+/m1. The highest BCUT2D eigenvalue weighted by Gasteiger charge is 2.41. The summed E-state index contributed by atoms with van der Waals surface area (Å²) < 4.78 is 32.3. The molecule has 1 aliphatic rings. The van der Waals surface area contributed by atoms with Gasteiger partial charge in [0.2, 0.25) is 0 Å². The van der Waals surface area contributed by atoms with Crippen LogP contribution in [0.2, 0.25) is 0 Å². The van der Waals surface area contributed by atoms with E-state index in [2.05, 4.69) is 0 Å². The lowest BCUT2D eigenvalue weighted by Gasteiger charge is -2.40. The third-order valence-corrected chi connectivity index (χ3v) is 5.38. The van der Waals surface area contributed by atoms with Crippen molar-refractivity contribution in [2.75, 3.05) is 13.2 Å². The molecule has 168 valence electrons. The monoisotopic (exact) mass is 435 g/mol. The first-order chi connectivity index (χ1) is 16.2. The molecule has 1 aliphatic heterocycles. The van der Waals surface area contributed by atoms with Crippen molar-refractivity contribution in [2.45, 2.75) is 44.2 Å². The molecule has 1 fully saturated rings. The van der Waals surface area contributed by atoms with E-state index in [0.29, 0.717) is 19.8 Å². The fourth-order valence-corrected chi connectivity index (χ4v) is 3.67. The Morgan fingerprint density at radius 2 is 1.19 bits per heavy atom.